The fourth-order valence-electron chi connectivity index (χ4n) is 0.876. The van der Waals surface area contributed by atoms with Crippen LogP contribution in [0.1, 0.15) is 27.7 Å². The summed E-state index contributed by atoms with van der Waals surface area (Å²) in [6.45, 7) is 10.2. The van der Waals surface area contributed by atoms with E-state index < -0.39 is 6.10 Å². The monoisotopic (exact) mass is 266 g/mol. The zero-order valence-corrected chi connectivity index (χ0v) is 12.1. The minimum absolute atomic E-state index is 0.132. The van der Waals surface area contributed by atoms with Crippen molar-refractivity contribution in [3.8, 4) is 0 Å². The molecule has 0 heterocycles. The number of ether oxygens (including phenoxy) is 2. The first-order chi connectivity index (χ1) is 8.43. The van der Waals surface area contributed by atoms with Gasteiger partial charge in [-0.15, -0.1) is 0 Å². The molecule has 0 aromatic rings. The summed E-state index contributed by atoms with van der Waals surface area (Å²) in [5, 5.41) is 25.4. The predicted octanol–water partition coefficient (Wildman–Crippen LogP) is 0.663. The average molecular weight is 266 g/mol. The Morgan fingerprint density at radius 1 is 0.833 bits per heavy atom. The van der Waals surface area contributed by atoms with E-state index in [1.807, 2.05) is 13.8 Å². The largest absolute Gasteiger partial charge is 0.394 e. The van der Waals surface area contributed by atoms with Crippen LogP contribution < -0.4 is 0 Å². The maximum Gasteiger partial charge on any atom is 0.100 e. The lowest BCUT2D eigenvalue weighted by atomic mass is 10.2. The Balaban J connectivity index is 0. The van der Waals surface area contributed by atoms with E-state index in [1.165, 1.54) is 0 Å². The molecule has 3 N–H and O–H groups in total. The van der Waals surface area contributed by atoms with Gasteiger partial charge in [0, 0.05) is 13.2 Å². The molecule has 0 aliphatic carbocycles. The highest BCUT2D eigenvalue weighted by Gasteiger charge is 2.01. The van der Waals surface area contributed by atoms with Crippen LogP contribution in [0.3, 0.4) is 0 Å². The van der Waals surface area contributed by atoms with Gasteiger partial charge in [0.1, 0.15) is 6.10 Å². The third-order valence-electron chi connectivity index (χ3n) is 1.66. The summed E-state index contributed by atoms with van der Waals surface area (Å²) in [5.74, 6) is 1.05. The Labute approximate surface area is 111 Å². The van der Waals surface area contributed by atoms with Crippen LogP contribution in [0.2, 0.25) is 0 Å². The van der Waals surface area contributed by atoms with Crippen LogP contribution in [-0.2, 0) is 9.47 Å². The average Bonchev–Trinajstić information content (AvgIpc) is 2.29. The molecule has 0 fully saturated rings. The molecule has 0 spiro atoms. The van der Waals surface area contributed by atoms with Crippen LogP contribution in [0.4, 0.5) is 0 Å². The van der Waals surface area contributed by atoms with Crippen molar-refractivity contribution in [2.45, 2.75) is 33.8 Å². The molecule has 5 heteroatoms. The van der Waals surface area contributed by atoms with Crippen LogP contribution in [0.25, 0.3) is 0 Å². The van der Waals surface area contributed by atoms with Crippen molar-refractivity contribution in [3.63, 3.8) is 0 Å². The second-order valence-electron chi connectivity index (χ2n) is 4.96. The molecule has 0 aliphatic heterocycles. The van der Waals surface area contributed by atoms with Crippen molar-refractivity contribution >= 4 is 0 Å². The van der Waals surface area contributed by atoms with Crippen molar-refractivity contribution in [1.29, 1.82) is 0 Å². The van der Waals surface area contributed by atoms with E-state index >= 15 is 0 Å². The SMILES string of the molecule is CC(C)COCC(O)CO.CC(C)COCCO. The summed E-state index contributed by atoms with van der Waals surface area (Å²) in [5.41, 5.74) is 0. The molecular formula is C13H30O5. The van der Waals surface area contributed by atoms with Gasteiger partial charge < -0.3 is 24.8 Å². The zero-order chi connectivity index (χ0) is 14.4. The van der Waals surface area contributed by atoms with Crippen LogP contribution >= 0.6 is 0 Å². The van der Waals surface area contributed by atoms with Gasteiger partial charge in [0.2, 0.25) is 0 Å². The first-order valence-corrected chi connectivity index (χ1v) is 6.49. The molecule has 18 heavy (non-hydrogen) atoms. The summed E-state index contributed by atoms with van der Waals surface area (Å²) in [6, 6.07) is 0. The van der Waals surface area contributed by atoms with E-state index in [0.29, 0.717) is 25.0 Å². The van der Waals surface area contributed by atoms with Crippen LogP contribution in [0, 0.1) is 11.8 Å². The van der Waals surface area contributed by atoms with E-state index in [9.17, 15) is 0 Å². The first kappa shape index (κ1) is 20.1. The summed E-state index contributed by atoms with van der Waals surface area (Å²) in [6.07, 6.45) is -0.723. The summed E-state index contributed by atoms with van der Waals surface area (Å²) >= 11 is 0. The topological polar surface area (TPSA) is 79.2 Å². The molecular weight excluding hydrogens is 236 g/mol. The second-order valence-corrected chi connectivity index (χ2v) is 4.96. The van der Waals surface area contributed by atoms with E-state index in [1.54, 1.807) is 0 Å². The Morgan fingerprint density at radius 3 is 1.72 bits per heavy atom. The number of aliphatic hydroxyl groups excluding tert-OH is 3. The molecule has 0 bridgehead atoms. The van der Waals surface area contributed by atoms with Crippen LogP contribution in [-0.4, -0.2) is 61.1 Å². The Bertz CT molecular complexity index is 150. The molecule has 1 atom stereocenters. The standard InChI is InChI=1S/C7H16O3.C6H14O2/c1-6(2)4-10-5-7(9)3-8;1-6(2)5-8-4-3-7/h6-9H,3-5H2,1-2H3;6-7H,3-5H2,1-2H3. The van der Waals surface area contributed by atoms with E-state index in [0.717, 1.165) is 6.61 Å². The Hall–Kier alpha value is -0.200. The highest BCUT2D eigenvalue weighted by molar-refractivity contribution is 4.49. The maximum atomic E-state index is 8.80. The van der Waals surface area contributed by atoms with Gasteiger partial charge >= 0.3 is 0 Å². The van der Waals surface area contributed by atoms with Crippen LogP contribution in [0.15, 0.2) is 0 Å². The first-order valence-electron chi connectivity index (χ1n) is 6.49. The number of aliphatic hydroxyl groups is 3. The van der Waals surface area contributed by atoms with Crippen molar-refractivity contribution in [3.05, 3.63) is 0 Å². The second kappa shape index (κ2) is 14.9. The minimum Gasteiger partial charge on any atom is -0.394 e. The van der Waals surface area contributed by atoms with Gasteiger partial charge in [-0.3, -0.25) is 0 Å². The highest BCUT2D eigenvalue weighted by atomic mass is 16.5. The summed E-state index contributed by atoms with van der Waals surface area (Å²) < 4.78 is 10.0. The predicted molar refractivity (Wildman–Crippen MR) is 71.5 cm³/mol. The molecule has 5 nitrogen and oxygen atoms in total. The summed E-state index contributed by atoms with van der Waals surface area (Å²) in [7, 11) is 0. The molecule has 0 aromatic carbocycles. The summed E-state index contributed by atoms with van der Waals surface area (Å²) in [4.78, 5) is 0. The fourth-order valence-corrected chi connectivity index (χ4v) is 0.876. The van der Waals surface area contributed by atoms with Crippen LogP contribution in [0.5, 0.6) is 0 Å². The Morgan fingerprint density at radius 2 is 1.33 bits per heavy atom. The van der Waals surface area contributed by atoms with Gasteiger partial charge in [0.05, 0.1) is 26.4 Å². The molecule has 1 unspecified atom stereocenters. The van der Waals surface area contributed by atoms with Gasteiger partial charge in [-0.25, -0.2) is 0 Å². The van der Waals surface area contributed by atoms with Gasteiger partial charge in [-0.1, -0.05) is 27.7 Å². The van der Waals surface area contributed by atoms with Gasteiger partial charge in [-0.2, -0.15) is 0 Å². The molecule has 0 saturated heterocycles. The lowest BCUT2D eigenvalue weighted by Crippen LogP contribution is -2.20. The van der Waals surface area contributed by atoms with E-state index in [4.69, 9.17) is 24.8 Å². The quantitative estimate of drug-likeness (QED) is 0.534. The molecule has 0 aromatic heterocycles. The zero-order valence-electron chi connectivity index (χ0n) is 12.1. The molecule has 112 valence electrons. The lowest BCUT2D eigenvalue weighted by molar-refractivity contribution is -0.00132. The molecule has 0 rings (SSSR count). The third-order valence-corrected chi connectivity index (χ3v) is 1.66. The van der Waals surface area contributed by atoms with Gasteiger partial charge in [0.15, 0.2) is 0 Å². The number of hydrogen-bond acceptors (Lipinski definition) is 5. The molecule has 0 radical (unpaired) electrons. The van der Waals surface area contributed by atoms with E-state index in [2.05, 4.69) is 13.8 Å². The van der Waals surface area contributed by atoms with Crippen molar-refractivity contribution in [2.24, 2.45) is 11.8 Å². The number of rotatable bonds is 9. The van der Waals surface area contributed by atoms with Crippen molar-refractivity contribution in [1.82, 2.24) is 0 Å². The minimum atomic E-state index is -0.723. The smallest absolute Gasteiger partial charge is 0.100 e. The highest BCUT2D eigenvalue weighted by Crippen LogP contribution is 1.93. The van der Waals surface area contributed by atoms with Crippen molar-refractivity contribution in [2.75, 3.05) is 39.6 Å². The number of hydrogen-bond donors (Lipinski definition) is 3. The van der Waals surface area contributed by atoms with Crippen molar-refractivity contribution < 1.29 is 24.8 Å². The fraction of sp³-hybridized carbons (Fsp3) is 1.00. The lowest BCUT2D eigenvalue weighted by Gasteiger charge is -2.09. The third kappa shape index (κ3) is 21.1. The van der Waals surface area contributed by atoms with Gasteiger partial charge in [-0.05, 0) is 11.8 Å². The molecule has 0 amide bonds. The van der Waals surface area contributed by atoms with E-state index in [-0.39, 0.29) is 19.8 Å². The molecule has 0 aliphatic rings. The maximum absolute atomic E-state index is 8.80. The van der Waals surface area contributed by atoms with Gasteiger partial charge in [0.25, 0.3) is 0 Å². The molecule has 0 saturated carbocycles. The Kier molecular flexibility index (Phi) is 16.6. The normalized spacial score (nSPS) is 12.5.